The number of hydrogen-bond donors (Lipinski definition) is 1. The average Bonchev–Trinajstić information content (AvgIpc) is 2.66. The van der Waals surface area contributed by atoms with E-state index in [-0.39, 0.29) is 17.2 Å². The third kappa shape index (κ3) is 4.66. The maximum Gasteiger partial charge on any atom is 0.233 e. The molecule has 2 atom stereocenters. The highest BCUT2D eigenvalue weighted by Gasteiger charge is 2.20. The SMILES string of the molecule is CCC(NC(=O)C(C)Sc1ccccc1)c1ccc2c(c1)CCCC2. The Morgan fingerprint density at radius 3 is 2.52 bits per heavy atom. The van der Waals surface area contributed by atoms with Crippen LogP contribution >= 0.6 is 11.8 Å². The number of aryl methyl sites for hydroxylation is 2. The topological polar surface area (TPSA) is 29.1 Å². The monoisotopic (exact) mass is 353 g/mol. The fourth-order valence-corrected chi connectivity index (χ4v) is 4.33. The second kappa shape index (κ2) is 8.57. The molecule has 0 radical (unpaired) electrons. The third-order valence-electron chi connectivity index (χ3n) is 4.92. The Kier molecular flexibility index (Phi) is 6.19. The number of thioether (sulfide) groups is 1. The molecular weight excluding hydrogens is 326 g/mol. The molecule has 1 amide bonds. The maximum absolute atomic E-state index is 12.6. The van der Waals surface area contributed by atoms with Crippen LogP contribution in [0.4, 0.5) is 0 Å². The summed E-state index contributed by atoms with van der Waals surface area (Å²) in [4.78, 5) is 13.8. The molecule has 3 heteroatoms. The molecule has 0 heterocycles. The van der Waals surface area contributed by atoms with Crippen LogP contribution in [-0.4, -0.2) is 11.2 Å². The van der Waals surface area contributed by atoms with Gasteiger partial charge in [0.25, 0.3) is 0 Å². The number of carbonyl (C=O) groups excluding carboxylic acids is 1. The first kappa shape index (κ1) is 18.1. The van der Waals surface area contributed by atoms with E-state index in [9.17, 15) is 4.79 Å². The third-order valence-corrected chi connectivity index (χ3v) is 6.04. The van der Waals surface area contributed by atoms with Crippen LogP contribution in [0.3, 0.4) is 0 Å². The highest BCUT2D eigenvalue weighted by atomic mass is 32.2. The zero-order valence-corrected chi connectivity index (χ0v) is 15.9. The van der Waals surface area contributed by atoms with Crippen LogP contribution in [0.2, 0.25) is 0 Å². The van der Waals surface area contributed by atoms with Crippen molar-refractivity contribution >= 4 is 17.7 Å². The van der Waals surface area contributed by atoms with Gasteiger partial charge in [-0.3, -0.25) is 4.79 Å². The Morgan fingerprint density at radius 2 is 1.80 bits per heavy atom. The molecule has 1 aliphatic carbocycles. The minimum absolute atomic E-state index is 0.0959. The Labute approximate surface area is 155 Å². The first-order chi connectivity index (χ1) is 12.2. The van der Waals surface area contributed by atoms with E-state index in [1.165, 1.54) is 42.4 Å². The molecule has 1 N–H and O–H groups in total. The van der Waals surface area contributed by atoms with Gasteiger partial charge in [0.05, 0.1) is 11.3 Å². The lowest BCUT2D eigenvalue weighted by Gasteiger charge is -2.23. The molecule has 0 saturated carbocycles. The van der Waals surface area contributed by atoms with Crippen LogP contribution in [0.25, 0.3) is 0 Å². The Bertz CT molecular complexity index is 713. The lowest BCUT2D eigenvalue weighted by molar-refractivity contribution is -0.121. The lowest BCUT2D eigenvalue weighted by atomic mass is 9.89. The van der Waals surface area contributed by atoms with E-state index in [0.717, 1.165) is 11.3 Å². The van der Waals surface area contributed by atoms with Crippen LogP contribution in [-0.2, 0) is 17.6 Å². The second-order valence-electron chi connectivity index (χ2n) is 6.78. The molecule has 25 heavy (non-hydrogen) atoms. The second-order valence-corrected chi connectivity index (χ2v) is 8.19. The highest BCUT2D eigenvalue weighted by molar-refractivity contribution is 8.00. The van der Waals surface area contributed by atoms with Gasteiger partial charge in [-0.15, -0.1) is 11.8 Å². The fourth-order valence-electron chi connectivity index (χ4n) is 3.44. The van der Waals surface area contributed by atoms with Crippen molar-refractivity contribution in [3.63, 3.8) is 0 Å². The van der Waals surface area contributed by atoms with E-state index in [1.807, 2.05) is 25.1 Å². The van der Waals surface area contributed by atoms with Crippen molar-refractivity contribution in [3.05, 3.63) is 65.2 Å². The summed E-state index contributed by atoms with van der Waals surface area (Å²) in [5.74, 6) is 0.110. The van der Waals surface area contributed by atoms with E-state index >= 15 is 0 Å². The summed E-state index contributed by atoms with van der Waals surface area (Å²) in [6.45, 7) is 4.12. The van der Waals surface area contributed by atoms with Gasteiger partial charge in [0.1, 0.15) is 0 Å². The van der Waals surface area contributed by atoms with Crippen molar-refractivity contribution in [2.75, 3.05) is 0 Å². The van der Waals surface area contributed by atoms with Gasteiger partial charge in [-0.1, -0.05) is 43.3 Å². The summed E-state index contributed by atoms with van der Waals surface area (Å²) in [7, 11) is 0. The Balaban J connectivity index is 1.66. The number of nitrogens with one attached hydrogen (secondary N) is 1. The first-order valence-electron chi connectivity index (χ1n) is 9.31. The summed E-state index contributed by atoms with van der Waals surface area (Å²) in [5, 5.41) is 3.15. The number of benzene rings is 2. The van der Waals surface area contributed by atoms with Gasteiger partial charge < -0.3 is 5.32 Å². The smallest absolute Gasteiger partial charge is 0.233 e. The van der Waals surface area contributed by atoms with Gasteiger partial charge in [0.2, 0.25) is 5.91 Å². The van der Waals surface area contributed by atoms with Gasteiger partial charge in [-0.05, 0) is 67.9 Å². The molecule has 0 fully saturated rings. The van der Waals surface area contributed by atoms with Gasteiger partial charge in [0, 0.05) is 4.90 Å². The van der Waals surface area contributed by atoms with E-state index in [4.69, 9.17) is 0 Å². The van der Waals surface area contributed by atoms with Crippen molar-refractivity contribution in [2.24, 2.45) is 0 Å². The van der Waals surface area contributed by atoms with E-state index in [1.54, 1.807) is 11.8 Å². The van der Waals surface area contributed by atoms with E-state index < -0.39 is 0 Å². The van der Waals surface area contributed by atoms with Crippen molar-refractivity contribution in [2.45, 2.75) is 62.1 Å². The van der Waals surface area contributed by atoms with E-state index in [0.29, 0.717) is 0 Å². The van der Waals surface area contributed by atoms with Gasteiger partial charge in [-0.2, -0.15) is 0 Å². The van der Waals surface area contributed by atoms with Crippen molar-refractivity contribution in [3.8, 4) is 0 Å². The summed E-state index contributed by atoms with van der Waals surface area (Å²) < 4.78 is 0. The van der Waals surface area contributed by atoms with Crippen LogP contribution in [0.15, 0.2) is 53.4 Å². The van der Waals surface area contributed by atoms with E-state index in [2.05, 4.69) is 42.6 Å². The van der Waals surface area contributed by atoms with Crippen LogP contribution in [0, 0.1) is 0 Å². The largest absolute Gasteiger partial charge is 0.348 e. The van der Waals surface area contributed by atoms with Gasteiger partial charge in [-0.25, -0.2) is 0 Å². The minimum Gasteiger partial charge on any atom is -0.348 e. The lowest BCUT2D eigenvalue weighted by Crippen LogP contribution is -2.34. The summed E-state index contributed by atoms with van der Waals surface area (Å²) in [6.07, 6.45) is 5.86. The molecule has 0 aromatic heterocycles. The molecule has 2 nitrogen and oxygen atoms in total. The van der Waals surface area contributed by atoms with Crippen LogP contribution in [0.1, 0.15) is 55.8 Å². The van der Waals surface area contributed by atoms with Crippen LogP contribution in [0.5, 0.6) is 0 Å². The molecule has 0 aliphatic heterocycles. The molecule has 0 saturated heterocycles. The number of amides is 1. The molecule has 2 unspecified atom stereocenters. The van der Waals surface area contributed by atoms with Crippen molar-refractivity contribution < 1.29 is 4.79 Å². The maximum atomic E-state index is 12.6. The Hall–Kier alpha value is -1.74. The number of fused-ring (bicyclic) bond motifs is 1. The molecular formula is C22H27NOS. The van der Waals surface area contributed by atoms with Crippen molar-refractivity contribution in [1.29, 1.82) is 0 Å². The number of rotatable bonds is 6. The molecule has 2 aromatic rings. The van der Waals surface area contributed by atoms with Crippen molar-refractivity contribution in [1.82, 2.24) is 5.32 Å². The predicted octanol–water partition coefficient (Wildman–Crippen LogP) is 5.31. The highest BCUT2D eigenvalue weighted by Crippen LogP contribution is 2.27. The molecule has 1 aliphatic rings. The Morgan fingerprint density at radius 1 is 1.08 bits per heavy atom. The molecule has 132 valence electrons. The summed E-state index contributed by atoms with van der Waals surface area (Å²) in [5.41, 5.74) is 4.21. The zero-order valence-electron chi connectivity index (χ0n) is 15.1. The predicted molar refractivity (Wildman–Crippen MR) is 106 cm³/mol. The standard InChI is InChI=1S/C22H27NOS/c1-3-21(19-14-13-17-9-7-8-10-18(17)15-19)23-22(24)16(2)25-20-11-5-4-6-12-20/h4-6,11-16,21H,3,7-10H2,1-2H3,(H,23,24). The zero-order chi connectivity index (χ0) is 17.6. The quantitative estimate of drug-likeness (QED) is 0.713. The number of hydrogen-bond acceptors (Lipinski definition) is 2. The minimum atomic E-state index is -0.103. The average molecular weight is 354 g/mol. The molecule has 3 rings (SSSR count). The van der Waals surface area contributed by atoms with Gasteiger partial charge in [0.15, 0.2) is 0 Å². The normalized spacial score (nSPS) is 15.9. The number of carbonyl (C=O) groups is 1. The molecule has 0 bridgehead atoms. The molecule has 0 spiro atoms. The fraction of sp³-hybridized carbons (Fsp3) is 0.409. The summed E-state index contributed by atoms with van der Waals surface area (Å²) in [6, 6.07) is 17.0. The molecule has 2 aromatic carbocycles. The van der Waals surface area contributed by atoms with Crippen LogP contribution < -0.4 is 5.32 Å². The van der Waals surface area contributed by atoms with Gasteiger partial charge >= 0.3 is 0 Å². The summed E-state index contributed by atoms with van der Waals surface area (Å²) >= 11 is 1.61. The first-order valence-corrected chi connectivity index (χ1v) is 10.2.